The van der Waals surface area contributed by atoms with Crippen molar-refractivity contribution < 1.29 is 24.9 Å². The average Bonchev–Trinajstić information content (AvgIpc) is 2.19. The molecule has 1 heterocycles. The number of hydrogen-bond acceptors (Lipinski definition) is 5. The zero-order chi connectivity index (χ0) is 10.9. The second-order valence-electron chi connectivity index (χ2n) is 3.35. The third-order valence-corrected chi connectivity index (χ3v) is 2.36. The number of amides is 1. The van der Waals surface area contributed by atoms with Gasteiger partial charge in [0, 0.05) is 7.05 Å². The predicted octanol–water partition coefficient (Wildman–Crippen LogP) is -2.40. The second kappa shape index (κ2) is 4.22. The molecule has 6 nitrogen and oxygen atoms in total. The number of hydrogen-bond donors (Lipinski definition) is 4. The van der Waals surface area contributed by atoms with Crippen molar-refractivity contribution in [3.05, 3.63) is 0 Å². The Morgan fingerprint density at radius 2 is 1.79 bits per heavy atom. The van der Waals surface area contributed by atoms with Gasteiger partial charge in [0.2, 0.25) is 0 Å². The summed E-state index contributed by atoms with van der Waals surface area (Å²) < 4.78 is 5.06. The fourth-order valence-corrected chi connectivity index (χ4v) is 1.41. The van der Waals surface area contributed by atoms with Gasteiger partial charge in [-0.3, -0.25) is 4.79 Å². The van der Waals surface area contributed by atoms with Gasteiger partial charge in [0.1, 0.15) is 18.3 Å². The highest BCUT2D eigenvalue weighted by Gasteiger charge is 2.44. The van der Waals surface area contributed by atoms with Crippen molar-refractivity contribution in [3.8, 4) is 0 Å². The molecule has 0 aliphatic carbocycles. The lowest BCUT2D eigenvalue weighted by Gasteiger charge is -2.38. The van der Waals surface area contributed by atoms with E-state index in [9.17, 15) is 20.1 Å². The standard InChI is InChI=1S/C8H15NO5/c1-3-4(10)5(11)6(12)7(14-3)8(13)9-2/h3-7,10-12H,1-2H3,(H,9,13)/t3-,4-,5?,6-,7-/m0/s1. The van der Waals surface area contributed by atoms with Crippen molar-refractivity contribution in [3.63, 3.8) is 0 Å². The molecule has 1 aliphatic rings. The van der Waals surface area contributed by atoms with E-state index < -0.39 is 36.4 Å². The number of rotatable bonds is 1. The van der Waals surface area contributed by atoms with Crippen molar-refractivity contribution >= 4 is 5.91 Å². The summed E-state index contributed by atoms with van der Waals surface area (Å²) in [6.07, 6.45) is -5.75. The van der Waals surface area contributed by atoms with E-state index in [1.54, 1.807) is 0 Å². The van der Waals surface area contributed by atoms with E-state index in [-0.39, 0.29) is 0 Å². The lowest BCUT2D eigenvalue weighted by molar-refractivity contribution is -0.216. The molecule has 5 atom stereocenters. The molecule has 0 radical (unpaired) electrons. The minimum absolute atomic E-state index is 0.518. The van der Waals surface area contributed by atoms with Gasteiger partial charge in [0.15, 0.2) is 6.10 Å². The normalized spacial score (nSPS) is 43.4. The SMILES string of the molecule is CNC(=O)[C@H]1O[C@@H](C)[C@H](O)C(O)[C@@H]1O. The van der Waals surface area contributed by atoms with Crippen molar-refractivity contribution in [2.75, 3.05) is 7.05 Å². The van der Waals surface area contributed by atoms with Gasteiger partial charge in [-0.1, -0.05) is 0 Å². The van der Waals surface area contributed by atoms with Crippen LogP contribution in [0, 0.1) is 0 Å². The van der Waals surface area contributed by atoms with Crippen LogP contribution in [0.5, 0.6) is 0 Å². The van der Waals surface area contributed by atoms with Gasteiger partial charge in [-0.25, -0.2) is 0 Å². The maximum absolute atomic E-state index is 11.2. The van der Waals surface area contributed by atoms with E-state index in [1.807, 2.05) is 0 Å². The van der Waals surface area contributed by atoms with Crippen LogP contribution in [0.1, 0.15) is 6.92 Å². The maximum Gasteiger partial charge on any atom is 0.251 e. The molecule has 0 aromatic carbocycles. The van der Waals surface area contributed by atoms with Crippen LogP contribution < -0.4 is 5.32 Å². The molecule has 0 saturated carbocycles. The first-order valence-electron chi connectivity index (χ1n) is 4.40. The van der Waals surface area contributed by atoms with Crippen LogP contribution in [-0.2, 0) is 9.53 Å². The van der Waals surface area contributed by atoms with Crippen LogP contribution in [0.15, 0.2) is 0 Å². The summed E-state index contributed by atoms with van der Waals surface area (Å²) in [5.41, 5.74) is 0. The lowest BCUT2D eigenvalue weighted by atomic mass is 9.95. The smallest absolute Gasteiger partial charge is 0.251 e. The summed E-state index contributed by atoms with van der Waals surface area (Å²) >= 11 is 0. The topological polar surface area (TPSA) is 99.0 Å². The molecular formula is C8H15NO5. The largest absolute Gasteiger partial charge is 0.388 e. The van der Waals surface area contributed by atoms with Crippen LogP contribution in [-0.4, -0.2) is 58.8 Å². The van der Waals surface area contributed by atoms with Gasteiger partial charge >= 0.3 is 0 Å². The van der Waals surface area contributed by atoms with Gasteiger partial charge < -0.3 is 25.4 Å². The fourth-order valence-electron chi connectivity index (χ4n) is 1.41. The number of likely N-dealkylation sites (N-methyl/N-ethyl adjacent to an activating group) is 1. The van der Waals surface area contributed by atoms with Gasteiger partial charge in [-0.15, -0.1) is 0 Å². The molecule has 6 heteroatoms. The quantitative estimate of drug-likeness (QED) is 0.382. The molecule has 1 rings (SSSR count). The Morgan fingerprint density at radius 3 is 2.29 bits per heavy atom. The summed E-state index contributed by atoms with van der Waals surface area (Å²) in [6.45, 7) is 1.52. The molecular weight excluding hydrogens is 190 g/mol. The van der Waals surface area contributed by atoms with E-state index in [0.29, 0.717) is 0 Å². The third kappa shape index (κ3) is 1.88. The Kier molecular flexibility index (Phi) is 3.43. The number of aliphatic hydroxyl groups is 3. The van der Waals surface area contributed by atoms with Crippen molar-refractivity contribution in [2.45, 2.75) is 37.4 Å². The summed E-state index contributed by atoms with van der Waals surface area (Å²) in [5, 5.41) is 30.4. The highest BCUT2D eigenvalue weighted by molar-refractivity contribution is 5.81. The first-order chi connectivity index (χ1) is 6.49. The first-order valence-corrected chi connectivity index (χ1v) is 4.40. The first kappa shape index (κ1) is 11.4. The minimum Gasteiger partial charge on any atom is -0.388 e. The monoisotopic (exact) mass is 205 g/mol. The molecule has 1 amide bonds. The summed E-state index contributed by atoms with van der Waals surface area (Å²) in [7, 11) is 1.40. The molecule has 1 saturated heterocycles. The van der Waals surface area contributed by atoms with Crippen LogP contribution in [0.2, 0.25) is 0 Å². The summed E-state index contributed by atoms with van der Waals surface area (Å²) in [5.74, 6) is -0.518. The number of nitrogens with one attached hydrogen (secondary N) is 1. The Labute approximate surface area is 81.5 Å². The number of aliphatic hydroxyl groups excluding tert-OH is 3. The number of carbonyl (C=O) groups excluding carboxylic acids is 1. The highest BCUT2D eigenvalue weighted by Crippen LogP contribution is 2.20. The third-order valence-electron chi connectivity index (χ3n) is 2.36. The van der Waals surface area contributed by atoms with Crippen LogP contribution in [0.25, 0.3) is 0 Å². The van der Waals surface area contributed by atoms with E-state index in [2.05, 4.69) is 5.32 Å². The lowest BCUT2D eigenvalue weighted by Crippen LogP contribution is -2.60. The second-order valence-corrected chi connectivity index (χ2v) is 3.35. The Balaban J connectivity index is 2.75. The van der Waals surface area contributed by atoms with Crippen LogP contribution >= 0.6 is 0 Å². The Bertz CT molecular complexity index is 222. The molecule has 1 fully saturated rings. The molecule has 82 valence electrons. The molecule has 4 N–H and O–H groups in total. The number of ether oxygens (including phenoxy) is 1. The molecule has 1 aliphatic heterocycles. The maximum atomic E-state index is 11.2. The highest BCUT2D eigenvalue weighted by atomic mass is 16.5. The Morgan fingerprint density at radius 1 is 1.21 bits per heavy atom. The van der Waals surface area contributed by atoms with Crippen LogP contribution in [0.4, 0.5) is 0 Å². The molecule has 0 bridgehead atoms. The zero-order valence-electron chi connectivity index (χ0n) is 8.04. The molecule has 0 spiro atoms. The zero-order valence-corrected chi connectivity index (χ0v) is 8.04. The van der Waals surface area contributed by atoms with Gasteiger partial charge in [0.25, 0.3) is 5.91 Å². The van der Waals surface area contributed by atoms with Gasteiger partial charge in [0.05, 0.1) is 6.10 Å². The fraction of sp³-hybridized carbons (Fsp3) is 0.875. The van der Waals surface area contributed by atoms with Crippen molar-refractivity contribution in [1.82, 2.24) is 5.32 Å². The molecule has 1 unspecified atom stereocenters. The van der Waals surface area contributed by atoms with Gasteiger partial charge in [-0.2, -0.15) is 0 Å². The molecule has 0 aromatic heterocycles. The molecule has 14 heavy (non-hydrogen) atoms. The average molecular weight is 205 g/mol. The van der Waals surface area contributed by atoms with Crippen LogP contribution in [0.3, 0.4) is 0 Å². The minimum atomic E-state index is -1.40. The predicted molar refractivity (Wildman–Crippen MR) is 46.4 cm³/mol. The summed E-state index contributed by atoms with van der Waals surface area (Å²) in [4.78, 5) is 11.2. The van der Waals surface area contributed by atoms with Gasteiger partial charge in [-0.05, 0) is 6.92 Å². The summed E-state index contributed by atoms with van der Waals surface area (Å²) in [6, 6.07) is 0. The van der Waals surface area contributed by atoms with E-state index >= 15 is 0 Å². The van der Waals surface area contributed by atoms with Crippen molar-refractivity contribution in [2.24, 2.45) is 0 Å². The Hall–Kier alpha value is -0.690. The molecule has 0 aromatic rings. The number of carbonyl (C=O) groups is 1. The van der Waals surface area contributed by atoms with Crippen molar-refractivity contribution in [1.29, 1.82) is 0 Å². The van der Waals surface area contributed by atoms with E-state index in [0.717, 1.165) is 0 Å². The van der Waals surface area contributed by atoms with E-state index in [1.165, 1.54) is 14.0 Å². The van der Waals surface area contributed by atoms with E-state index in [4.69, 9.17) is 4.74 Å².